The Hall–Kier alpha value is -0.220. The number of halogens is 2. The summed E-state index contributed by atoms with van der Waals surface area (Å²) in [5.41, 5.74) is 1.14. The van der Waals surface area contributed by atoms with Gasteiger partial charge in [-0.3, -0.25) is 9.59 Å². The average molecular weight is 528 g/mol. The largest absolute Gasteiger partial charge is 0.348 e. The molecule has 0 aliphatic carbocycles. The number of nitrogens with zero attached hydrogens (tertiary/aromatic N) is 1. The minimum Gasteiger partial charge on any atom is -0.348 e. The molecule has 0 aromatic heterocycles. The summed E-state index contributed by atoms with van der Waals surface area (Å²) in [5, 5.41) is 2.77. The van der Waals surface area contributed by atoms with Gasteiger partial charge in [0.25, 0.3) is 0 Å². The normalized spacial score (nSPS) is 12.5. The molecule has 22 heavy (non-hydrogen) atoms. The maximum atomic E-state index is 12.2. The maximum absolute atomic E-state index is 12.2. The fourth-order valence-corrected chi connectivity index (χ4v) is 3.00. The third kappa shape index (κ3) is 7.87. The van der Waals surface area contributed by atoms with E-state index in [1.807, 2.05) is 31.7 Å². The zero-order valence-corrected chi connectivity index (χ0v) is 17.2. The van der Waals surface area contributed by atoms with Gasteiger partial charge in [-0.1, -0.05) is 44.2 Å². The van der Waals surface area contributed by atoms with E-state index in [0.717, 1.165) is 18.4 Å². The summed E-state index contributed by atoms with van der Waals surface area (Å²) in [4.78, 5) is 24.1. The molecule has 0 spiro atoms. The number of ketones is 1. The summed E-state index contributed by atoms with van der Waals surface area (Å²) in [6, 6.07) is 9.70. The van der Waals surface area contributed by atoms with E-state index in [4.69, 9.17) is 0 Å². The molecule has 1 unspecified atom stereocenters. The summed E-state index contributed by atoms with van der Waals surface area (Å²) in [6.45, 7) is 4.28. The van der Waals surface area contributed by atoms with Crippen molar-refractivity contribution in [1.29, 1.82) is 0 Å². The van der Waals surface area contributed by atoms with Gasteiger partial charge in [0.05, 0.1) is 6.54 Å². The molecule has 1 aromatic rings. The predicted octanol–water partition coefficient (Wildman–Crippen LogP) is 3.72. The first-order valence-corrected chi connectivity index (χ1v) is 9.27. The van der Waals surface area contributed by atoms with Crippen molar-refractivity contribution in [2.24, 2.45) is 5.92 Å². The van der Waals surface area contributed by atoms with Crippen LogP contribution >= 0.6 is 45.7 Å². The van der Waals surface area contributed by atoms with Crippen LogP contribution in [0.15, 0.2) is 30.3 Å². The van der Waals surface area contributed by atoms with E-state index in [2.05, 4.69) is 64.9 Å². The molecule has 1 atom stereocenters. The third-order valence-electron chi connectivity index (χ3n) is 3.23. The highest BCUT2D eigenvalue weighted by atomic mass is 127. The summed E-state index contributed by atoms with van der Waals surface area (Å²) >= 11 is 4.22. The summed E-state index contributed by atoms with van der Waals surface area (Å²) in [6.07, 6.45) is 1.95. The lowest BCUT2D eigenvalue weighted by molar-refractivity contribution is -0.127. The van der Waals surface area contributed by atoms with Crippen LogP contribution in [0.5, 0.6) is 0 Å². The Bertz CT molecular complexity index is 478. The number of benzene rings is 1. The summed E-state index contributed by atoms with van der Waals surface area (Å²) < 4.78 is 1.85. The molecule has 122 valence electrons. The monoisotopic (exact) mass is 528 g/mol. The molecule has 0 fully saturated rings. The van der Waals surface area contributed by atoms with Crippen molar-refractivity contribution in [3.05, 3.63) is 35.9 Å². The average Bonchev–Trinajstić information content (AvgIpc) is 2.48. The van der Waals surface area contributed by atoms with Crippen LogP contribution in [0.2, 0.25) is 0 Å². The van der Waals surface area contributed by atoms with E-state index in [9.17, 15) is 9.59 Å². The van der Waals surface area contributed by atoms with E-state index < -0.39 is 0 Å². The first-order chi connectivity index (χ1) is 10.4. The van der Waals surface area contributed by atoms with Gasteiger partial charge in [0, 0.05) is 52.1 Å². The number of rotatable bonds is 9. The van der Waals surface area contributed by atoms with Crippen LogP contribution in [-0.4, -0.2) is 25.6 Å². The molecule has 4 nitrogen and oxygen atoms in total. The molecule has 0 saturated heterocycles. The van der Waals surface area contributed by atoms with Crippen molar-refractivity contribution in [1.82, 2.24) is 6.64 Å². The van der Waals surface area contributed by atoms with E-state index in [-0.39, 0.29) is 24.3 Å². The number of aryl methyl sites for hydroxylation is 1. The predicted molar refractivity (Wildman–Crippen MR) is 106 cm³/mol. The fraction of sp³-hybridized carbons (Fsp3) is 0.500. The molecule has 1 N–H and O–H groups in total. The fourth-order valence-electron chi connectivity index (χ4n) is 2.04. The van der Waals surface area contributed by atoms with Crippen LogP contribution in [0.25, 0.3) is 0 Å². The number of carbonyl (C=O) groups is 2. The van der Waals surface area contributed by atoms with Crippen LogP contribution in [0, 0.1) is 5.92 Å². The Morgan fingerprint density at radius 1 is 1.18 bits per heavy atom. The molecule has 0 aliphatic heterocycles. The Kier molecular flexibility index (Phi) is 9.49. The second kappa shape index (κ2) is 10.5. The molecule has 1 rings (SSSR count). The van der Waals surface area contributed by atoms with Crippen molar-refractivity contribution in [2.75, 3.05) is 6.54 Å². The quantitative estimate of drug-likeness (QED) is 0.393. The lowest BCUT2D eigenvalue weighted by Gasteiger charge is -2.21. The number of hydrogen-bond acceptors (Lipinski definition) is 3. The van der Waals surface area contributed by atoms with Gasteiger partial charge < -0.3 is 5.32 Å². The van der Waals surface area contributed by atoms with Gasteiger partial charge in [-0.25, -0.2) is 0 Å². The highest BCUT2D eigenvalue weighted by Gasteiger charge is 2.24. The topological polar surface area (TPSA) is 49.4 Å². The van der Waals surface area contributed by atoms with Gasteiger partial charge in [-0.2, -0.15) is 1.33 Å². The number of amides is 1. The van der Waals surface area contributed by atoms with Crippen LogP contribution < -0.4 is 5.32 Å². The minimum absolute atomic E-state index is 0.0639. The lowest BCUT2D eigenvalue weighted by Crippen LogP contribution is -2.42. The van der Waals surface area contributed by atoms with Crippen molar-refractivity contribution < 1.29 is 9.59 Å². The Morgan fingerprint density at radius 3 is 2.36 bits per heavy atom. The SMILES string of the molecule is CC(C)CC(C(=O)NCC(=O)CCc1ccccc1)N(I)I. The maximum Gasteiger partial charge on any atom is 0.239 e. The van der Waals surface area contributed by atoms with Crippen LogP contribution in [0.3, 0.4) is 0 Å². The van der Waals surface area contributed by atoms with E-state index in [1.54, 1.807) is 0 Å². The van der Waals surface area contributed by atoms with Gasteiger partial charge in [0.15, 0.2) is 5.78 Å². The van der Waals surface area contributed by atoms with Gasteiger partial charge in [0.2, 0.25) is 5.91 Å². The third-order valence-corrected chi connectivity index (χ3v) is 4.57. The second-order valence-corrected chi connectivity index (χ2v) is 9.57. The van der Waals surface area contributed by atoms with E-state index >= 15 is 0 Å². The number of nitrogens with one attached hydrogen (secondary N) is 1. The molecule has 0 saturated carbocycles. The Labute approximate surface area is 160 Å². The summed E-state index contributed by atoms with van der Waals surface area (Å²) in [7, 11) is 0. The standard InChI is InChI=1S/C16H22I2N2O2/c1-12(2)10-15(20(17)18)16(22)19-11-14(21)9-8-13-6-4-3-5-7-13/h3-7,12,15H,8-11H2,1-2H3,(H,19,22). The van der Waals surface area contributed by atoms with Gasteiger partial charge in [0.1, 0.15) is 6.04 Å². The van der Waals surface area contributed by atoms with Crippen molar-refractivity contribution in [2.45, 2.75) is 39.2 Å². The Balaban J connectivity index is 2.37. The molecular formula is C16H22I2N2O2. The first kappa shape index (κ1) is 19.8. The van der Waals surface area contributed by atoms with E-state index in [0.29, 0.717) is 12.3 Å². The molecule has 1 amide bonds. The van der Waals surface area contributed by atoms with Crippen molar-refractivity contribution >= 4 is 57.4 Å². The molecule has 6 heteroatoms. The summed E-state index contributed by atoms with van der Waals surface area (Å²) in [5.74, 6) is 0.413. The molecule has 0 bridgehead atoms. The number of carbonyl (C=O) groups excluding carboxylic acids is 2. The van der Waals surface area contributed by atoms with Gasteiger partial charge >= 0.3 is 0 Å². The lowest BCUT2D eigenvalue weighted by atomic mass is 10.0. The van der Waals surface area contributed by atoms with Crippen LogP contribution in [-0.2, 0) is 16.0 Å². The zero-order chi connectivity index (χ0) is 16.5. The number of Topliss-reactive ketones (excluding diaryl/α,β-unsaturated/α-hetero) is 1. The van der Waals surface area contributed by atoms with Crippen molar-refractivity contribution in [3.63, 3.8) is 0 Å². The first-order valence-electron chi connectivity index (χ1n) is 7.34. The zero-order valence-electron chi connectivity index (χ0n) is 12.9. The second-order valence-electron chi connectivity index (χ2n) is 5.65. The minimum atomic E-state index is -0.205. The molecule has 1 aromatic carbocycles. The van der Waals surface area contributed by atoms with Crippen molar-refractivity contribution in [3.8, 4) is 0 Å². The van der Waals surface area contributed by atoms with Crippen LogP contribution in [0.4, 0.5) is 0 Å². The highest BCUT2D eigenvalue weighted by Crippen LogP contribution is 2.20. The van der Waals surface area contributed by atoms with Gasteiger partial charge in [-0.05, 0) is 24.3 Å². The number of hydrogen-bond donors (Lipinski definition) is 1. The smallest absolute Gasteiger partial charge is 0.239 e. The molecular weight excluding hydrogens is 506 g/mol. The molecule has 0 radical (unpaired) electrons. The molecule has 0 aliphatic rings. The van der Waals surface area contributed by atoms with Crippen LogP contribution in [0.1, 0.15) is 32.3 Å². The Morgan fingerprint density at radius 2 is 1.82 bits per heavy atom. The highest BCUT2D eigenvalue weighted by molar-refractivity contribution is 14.2. The molecule has 0 heterocycles. The van der Waals surface area contributed by atoms with Gasteiger partial charge in [-0.15, -0.1) is 0 Å². The van der Waals surface area contributed by atoms with E-state index in [1.165, 1.54) is 0 Å².